The second-order valence-corrected chi connectivity index (χ2v) is 5.80. The van der Waals surface area contributed by atoms with Gasteiger partial charge in [0, 0.05) is 10.2 Å². The number of carboxylic acids is 1. The Morgan fingerprint density at radius 1 is 1.20 bits per heavy atom. The molecule has 2 N–H and O–H groups in total. The van der Waals surface area contributed by atoms with E-state index in [-0.39, 0.29) is 0 Å². The first-order chi connectivity index (χ1) is 9.43. The predicted molar refractivity (Wildman–Crippen MR) is 83.9 cm³/mol. The lowest BCUT2D eigenvalue weighted by atomic mass is 9.88. The smallest absolute Gasteiger partial charge is 0.333 e. The zero-order valence-corrected chi connectivity index (χ0v) is 12.9. The van der Waals surface area contributed by atoms with Crippen LogP contribution in [0.25, 0.3) is 0 Å². The predicted octanol–water partition coefficient (Wildman–Crippen LogP) is 4.17. The fourth-order valence-electron chi connectivity index (χ4n) is 2.22. The van der Waals surface area contributed by atoms with E-state index in [1.807, 2.05) is 55.5 Å². The van der Waals surface area contributed by atoms with Gasteiger partial charge in [-0.15, -0.1) is 0 Å². The van der Waals surface area contributed by atoms with E-state index in [4.69, 9.17) is 0 Å². The first kappa shape index (κ1) is 14.6. The molecule has 0 aromatic heterocycles. The Hall–Kier alpha value is -1.81. The van der Waals surface area contributed by atoms with E-state index in [0.717, 1.165) is 21.3 Å². The number of nitrogens with one attached hydrogen (secondary N) is 1. The standard InChI is InChI=1S/C16H16BrNO2/c1-11-6-3-4-9-14(11)16(2,15(19)20)18-13-8-5-7-12(17)10-13/h3-10,18H,1-2H3,(H,19,20). The minimum absolute atomic E-state index is 0.757. The van der Waals surface area contributed by atoms with Crippen molar-refractivity contribution < 1.29 is 9.90 Å². The van der Waals surface area contributed by atoms with Crippen molar-refractivity contribution in [2.24, 2.45) is 0 Å². The fourth-order valence-corrected chi connectivity index (χ4v) is 2.62. The van der Waals surface area contributed by atoms with Gasteiger partial charge in [-0.2, -0.15) is 0 Å². The summed E-state index contributed by atoms with van der Waals surface area (Å²) in [7, 11) is 0. The molecule has 2 rings (SSSR count). The highest BCUT2D eigenvalue weighted by molar-refractivity contribution is 9.10. The van der Waals surface area contributed by atoms with Crippen LogP contribution in [0.4, 0.5) is 5.69 Å². The summed E-state index contributed by atoms with van der Waals surface area (Å²) in [5.41, 5.74) is 1.28. The van der Waals surface area contributed by atoms with Crippen LogP contribution in [-0.4, -0.2) is 11.1 Å². The molecule has 0 fully saturated rings. The van der Waals surface area contributed by atoms with Crippen LogP contribution in [0.1, 0.15) is 18.1 Å². The van der Waals surface area contributed by atoms with Crippen LogP contribution >= 0.6 is 15.9 Å². The summed E-state index contributed by atoms with van der Waals surface area (Å²) in [5, 5.41) is 12.8. The van der Waals surface area contributed by atoms with E-state index in [0.29, 0.717) is 0 Å². The van der Waals surface area contributed by atoms with Crippen LogP contribution in [0.5, 0.6) is 0 Å². The highest BCUT2D eigenvalue weighted by atomic mass is 79.9. The van der Waals surface area contributed by atoms with Crippen LogP contribution < -0.4 is 5.32 Å². The van der Waals surface area contributed by atoms with Crippen LogP contribution in [0.3, 0.4) is 0 Å². The van der Waals surface area contributed by atoms with Crippen molar-refractivity contribution in [2.75, 3.05) is 5.32 Å². The van der Waals surface area contributed by atoms with Gasteiger partial charge in [-0.3, -0.25) is 0 Å². The van der Waals surface area contributed by atoms with E-state index >= 15 is 0 Å². The Balaban J connectivity index is 2.46. The largest absolute Gasteiger partial charge is 0.479 e. The summed E-state index contributed by atoms with van der Waals surface area (Å²) in [6.45, 7) is 3.59. The van der Waals surface area contributed by atoms with Gasteiger partial charge >= 0.3 is 5.97 Å². The van der Waals surface area contributed by atoms with Gasteiger partial charge in [-0.05, 0) is 43.2 Å². The minimum atomic E-state index is -1.17. The van der Waals surface area contributed by atoms with Crippen molar-refractivity contribution in [1.82, 2.24) is 0 Å². The number of hydrogen-bond acceptors (Lipinski definition) is 2. The molecule has 0 aliphatic carbocycles. The molecule has 0 bridgehead atoms. The molecule has 20 heavy (non-hydrogen) atoms. The van der Waals surface area contributed by atoms with Gasteiger partial charge in [0.1, 0.15) is 0 Å². The maximum Gasteiger partial charge on any atom is 0.333 e. The first-order valence-electron chi connectivity index (χ1n) is 6.27. The average Bonchev–Trinajstić information content (AvgIpc) is 2.38. The third kappa shape index (κ3) is 2.85. The molecule has 104 valence electrons. The Kier molecular flexibility index (Phi) is 4.14. The topological polar surface area (TPSA) is 49.3 Å². The number of halogens is 1. The Morgan fingerprint density at radius 3 is 2.50 bits per heavy atom. The van der Waals surface area contributed by atoms with Crippen LogP contribution in [0.2, 0.25) is 0 Å². The number of benzene rings is 2. The number of hydrogen-bond donors (Lipinski definition) is 2. The fraction of sp³-hybridized carbons (Fsp3) is 0.188. The summed E-state index contributed by atoms with van der Waals surface area (Å²) >= 11 is 3.39. The Morgan fingerprint density at radius 2 is 1.90 bits per heavy atom. The maximum atomic E-state index is 11.8. The average molecular weight is 334 g/mol. The molecule has 4 heteroatoms. The lowest BCUT2D eigenvalue weighted by Gasteiger charge is -2.29. The molecule has 0 amide bonds. The maximum absolute atomic E-state index is 11.8. The zero-order valence-electron chi connectivity index (χ0n) is 11.4. The lowest BCUT2D eigenvalue weighted by Crippen LogP contribution is -2.41. The van der Waals surface area contributed by atoms with Gasteiger partial charge in [0.05, 0.1) is 0 Å². The number of carboxylic acid groups (broad SMARTS) is 1. The monoisotopic (exact) mass is 333 g/mol. The first-order valence-corrected chi connectivity index (χ1v) is 7.06. The van der Waals surface area contributed by atoms with Crippen LogP contribution in [0.15, 0.2) is 53.0 Å². The summed E-state index contributed by atoms with van der Waals surface area (Å²) < 4.78 is 0.903. The van der Waals surface area contributed by atoms with Crippen LogP contribution in [-0.2, 0) is 10.3 Å². The van der Waals surface area contributed by atoms with Crippen molar-refractivity contribution >= 4 is 27.6 Å². The van der Waals surface area contributed by atoms with E-state index in [1.165, 1.54) is 0 Å². The summed E-state index contributed by atoms with van der Waals surface area (Å²) in [6.07, 6.45) is 0. The van der Waals surface area contributed by atoms with Gasteiger partial charge in [-0.25, -0.2) is 4.79 Å². The molecule has 1 unspecified atom stereocenters. The van der Waals surface area contributed by atoms with Crippen molar-refractivity contribution in [2.45, 2.75) is 19.4 Å². The molecule has 0 spiro atoms. The number of rotatable bonds is 4. The molecule has 2 aromatic carbocycles. The molecule has 2 aromatic rings. The second-order valence-electron chi connectivity index (χ2n) is 4.88. The summed E-state index contributed by atoms with van der Waals surface area (Å²) in [6, 6.07) is 15.0. The van der Waals surface area contributed by atoms with Crippen LogP contribution in [0, 0.1) is 6.92 Å². The van der Waals surface area contributed by atoms with Gasteiger partial charge in [0.2, 0.25) is 0 Å². The number of aryl methyl sites for hydroxylation is 1. The van der Waals surface area contributed by atoms with Gasteiger partial charge in [0.15, 0.2) is 5.54 Å². The molecule has 0 aliphatic rings. The molecular formula is C16H16BrNO2. The SMILES string of the molecule is Cc1ccccc1C(C)(Nc1cccc(Br)c1)C(=O)O. The molecule has 0 radical (unpaired) electrons. The van der Waals surface area contributed by atoms with Gasteiger partial charge < -0.3 is 10.4 Å². The van der Waals surface area contributed by atoms with E-state index in [2.05, 4.69) is 21.2 Å². The van der Waals surface area contributed by atoms with Crippen molar-refractivity contribution in [3.8, 4) is 0 Å². The zero-order chi connectivity index (χ0) is 14.8. The Bertz CT molecular complexity index is 642. The van der Waals surface area contributed by atoms with Gasteiger partial charge in [0.25, 0.3) is 0 Å². The number of aliphatic carboxylic acids is 1. The number of carbonyl (C=O) groups is 1. The van der Waals surface area contributed by atoms with E-state index in [1.54, 1.807) is 6.92 Å². The lowest BCUT2D eigenvalue weighted by molar-refractivity contribution is -0.142. The molecule has 0 saturated heterocycles. The highest BCUT2D eigenvalue weighted by Gasteiger charge is 2.36. The molecule has 0 saturated carbocycles. The summed E-state index contributed by atoms with van der Waals surface area (Å²) in [4.78, 5) is 11.8. The molecule has 3 nitrogen and oxygen atoms in total. The molecule has 0 heterocycles. The number of anilines is 1. The third-order valence-electron chi connectivity index (χ3n) is 3.33. The molecule has 0 aliphatic heterocycles. The van der Waals surface area contributed by atoms with E-state index < -0.39 is 11.5 Å². The molecule has 1 atom stereocenters. The van der Waals surface area contributed by atoms with E-state index in [9.17, 15) is 9.90 Å². The van der Waals surface area contributed by atoms with Crippen molar-refractivity contribution in [3.05, 3.63) is 64.1 Å². The normalized spacial score (nSPS) is 13.6. The third-order valence-corrected chi connectivity index (χ3v) is 3.82. The van der Waals surface area contributed by atoms with Crippen molar-refractivity contribution in [1.29, 1.82) is 0 Å². The quantitative estimate of drug-likeness (QED) is 0.882. The molecular weight excluding hydrogens is 318 g/mol. The van der Waals surface area contributed by atoms with Gasteiger partial charge in [-0.1, -0.05) is 46.3 Å². The second kappa shape index (κ2) is 5.67. The highest BCUT2D eigenvalue weighted by Crippen LogP contribution is 2.30. The minimum Gasteiger partial charge on any atom is -0.479 e. The Labute approximate surface area is 126 Å². The van der Waals surface area contributed by atoms with Crippen molar-refractivity contribution in [3.63, 3.8) is 0 Å². The summed E-state index contributed by atoms with van der Waals surface area (Å²) in [5.74, 6) is -0.910.